The van der Waals surface area contributed by atoms with E-state index in [4.69, 9.17) is 24.4 Å². The van der Waals surface area contributed by atoms with Gasteiger partial charge in [0.1, 0.15) is 0 Å². The summed E-state index contributed by atoms with van der Waals surface area (Å²) >= 11 is 10.9. The number of benzene rings is 4. The standard InChI is InChI=1S/C28H26N4S2/c1-19-17-21(13-15-25(19)31-27(33)29-23-9-5-3-6-10-23)22-14-16-26(20(2)18-22)32-28(34)30-24-11-7-4-8-12-24/h3-18H,1-2H3,(H2,29,31,33)(H2,30,32,34). The second-order valence-electron chi connectivity index (χ2n) is 7.95. The minimum Gasteiger partial charge on any atom is -0.332 e. The monoisotopic (exact) mass is 482 g/mol. The molecule has 170 valence electrons. The molecule has 4 N–H and O–H groups in total. The quantitative estimate of drug-likeness (QED) is 0.220. The van der Waals surface area contributed by atoms with Crippen LogP contribution >= 0.6 is 24.4 Å². The van der Waals surface area contributed by atoms with Gasteiger partial charge in [-0.1, -0.05) is 48.5 Å². The first kappa shape index (κ1) is 23.4. The second kappa shape index (κ2) is 10.9. The van der Waals surface area contributed by atoms with Gasteiger partial charge in [-0.15, -0.1) is 0 Å². The number of rotatable bonds is 5. The summed E-state index contributed by atoms with van der Waals surface area (Å²) in [4.78, 5) is 0. The van der Waals surface area contributed by atoms with Crippen molar-refractivity contribution < 1.29 is 0 Å². The molecule has 0 aliphatic carbocycles. The lowest BCUT2D eigenvalue weighted by Gasteiger charge is -2.15. The van der Waals surface area contributed by atoms with Gasteiger partial charge in [-0.05, 0) is 109 Å². The first-order valence-corrected chi connectivity index (χ1v) is 11.8. The Morgan fingerprint density at radius 2 is 0.882 bits per heavy atom. The molecule has 0 saturated carbocycles. The minimum absolute atomic E-state index is 0.563. The van der Waals surface area contributed by atoms with E-state index in [0.717, 1.165) is 45.0 Å². The van der Waals surface area contributed by atoms with Crippen molar-refractivity contribution in [3.8, 4) is 11.1 Å². The first-order chi connectivity index (χ1) is 16.5. The van der Waals surface area contributed by atoms with Gasteiger partial charge in [0.05, 0.1) is 0 Å². The fraction of sp³-hybridized carbons (Fsp3) is 0.0714. The number of thiocarbonyl (C=S) groups is 2. The molecule has 4 rings (SSSR count). The van der Waals surface area contributed by atoms with Gasteiger partial charge >= 0.3 is 0 Å². The molecule has 0 radical (unpaired) electrons. The highest BCUT2D eigenvalue weighted by Gasteiger charge is 2.08. The number of hydrogen-bond donors (Lipinski definition) is 4. The summed E-state index contributed by atoms with van der Waals surface area (Å²) in [6, 6.07) is 32.4. The number of nitrogens with one attached hydrogen (secondary N) is 4. The zero-order chi connectivity index (χ0) is 23.9. The van der Waals surface area contributed by atoms with E-state index in [1.54, 1.807) is 0 Å². The Morgan fingerprint density at radius 3 is 1.24 bits per heavy atom. The highest BCUT2D eigenvalue weighted by atomic mass is 32.1. The number of aryl methyl sites for hydroxylation is 2. The van der Waals surface area contributed by atoms with Gasteiger partial charge in [0.15, 0.2) is 10.2 Å². The fourth-order valence-electron chi connectivity index (χ4n) is 3.58. The van der Waals surface area contributed by atoms with Gasteiger partial charge in [0.2, 0.25) is 0 Å². The van der Waals surface area contributed by atoms with Crippen molar-refractivity contribution >= 4 is 57.4 Å². The van der Waals surface area contributed by atoms with Crippen LogP contribution in [0.25, 0.3) is 11.1 Å². The van der Waals surface area contributed by atoms with Crippen LogP contribution in [0.15, 0.2) is 97.1 Å². The highest BCUT2D eigenvalue weighted by Crippen LogP contribution is 2.28. The summed E-state index contributed by atoms with van der Waals surface area (Å²) in [7, 11) is 0. The van der Waals surface area contributed by atoms with Crippen molar-refractivity contribution in [2.75, 3.05) is 21.3 Å². The SMILES string of the molecule is Cc1cc(-c2ccc(NC(=S)Nc3ccccc3)c(C)c2)ccc1NC(=S)Nc1ccccc1. The number of para-hydroxylation sites is 2. The minimum atomic E-state index is 0.563. The molecule has 0 aromatic heterocycles. The molecule has 0 amide bonds. The van der Waals surface area contributed by atoms with Crippen LogP contribution in [0.5, 0.6) is 0 Å². The fourth-order valence-corrected chi connectivity index (χ4v) is 4.03. The van der Waals surface area contributed by atoms with E-state index in [0.29, 0.717) is 10.2 Å². The van der Waals surface area contributed by atoms with Crippen LogP contribution in [-0.2, 0) is 0 Å². The maximum atomic E-state index is 5.47. The molecule has 0 fully saturated rings. The van der Waals surface area contributed by atoms with Crippen LogP contribution in [0, 0.1) is 13.8 Å². The molecule has 0 saturated heterocycles. The number of anilines is 4. The molecule has 4 aromatic carbocycles. The van der Waals surface area contributed by atoms with Gasteiger partial charge in [0, 0.05) is 22.7 Å². The summed E-state index contributed by atoms with van der Waals surface area (Å²) in [5.41, 5.74) is 8.38. The lowest BCUT2D eigenvalue weighted by Crippen LogP contribution is -2.19. The first-order valence-electron chi connectivity index (χ1n) is 11.0. The van der Waals surface area contributed by atoms with Gasteiger partial charge in [0.25, 0.3) is 0 Å². The third kappa shape index (κ3) is 6.19. The van der Waals surface area contributed by atoms with Crippen LogP contribution in [0.3, 0.4) is 0 Å². The lowest BCUT2D eigenvalue weighted by atomic mass is 10.00. The highest BCUT2D eigenvalue weighted by molar-refractivity contribution is 7.81. The average Bonchev–Trinajstić information content (AvgIpc) is 2.83. The zero-order valence-electron chi connectivity index (χ0n) is 19.1. The van der Waals surface area contributed by atoms with Crippen molar-refractivity contribution in [3.05, 3.63) is 108 Å². The number of hydrogen-bond acceptors (Lipinski definition) is 2. The Hall–Kier alpha value is -3.74. The summed E-state index contributed by atoms with van der Waals surface area (Å²) in [5, 5.41) is 14.1. The van der Waals surface area contributed by atoms with E-state index in [2.05, 4.69) is 71.5 Å². The molecule has 0 heterocycles. The lowest BCUT2D eigenvalue weighted by molar-refractivity contribution is 1.42. The third-order valence-corrected chi connectivity index (χ3v) is 5.75. The topological polar surface area (TPSA) is 48.1 Å². The Morgan fingerprint density at radius 1 is 0.500 bits per heavy atom. The average molecular weight is 483 g/mol. The molecule has 6 heteroatoms. The van der Waals surface area contributed by atoms with Crippen LogP contribution in [0.2, 0.25) is 0 Å². The molecule has 0 atom stereocenters. The maximum Gasteiger partial charge on any atom is 0.175 e. The summed E-state index contributed by atoms with van der Waals surface area (Å²) in [6.07, 6.45) is 0. The van der Waals surface area contributed by atoms with Crippen molar-refractivity contribution in [1.29, 1.82) is 0 Å². The van der Waals surface area contributed by atoms with Gasteiger partial charge in [-0.2, -0.15) is 0 Å². The Bertz CT molecular complexity index is 1200. The van der Waals surface area contributed by atoms with E-state index < -0.39 is 0 Å². The molecule has 4 aromatic rings. The van der Waals surface area contributed by atoms with Gasteiger partial charge in [-0.3, -0.25) is 0 Å². The van der Waals surface area contributed by atoms with Crippen LogP contribution in [0.1, 0.15) is 11.1 Å². The molecule has 0 aliphatic rings. The normalized spacial score (nSPS) is 10.3. The third-order valence-electron chi connectivity index (χ3n) is 5.35. The van der Waals surface area contributed by atoms with Crippen LogP contribution < -0.4 is 21.3 Å². The molecule has 0 unspecified atom stereocenters. The Balaban J connectivity index is 1.41. The molecule has 0 spiro atoms. The van der Waals surface area contributed by atoms with Crippen LogP contribution in [-0.4, -0.2) is 10.2 Å². The van der Waals surface area contributed by atoms with Crippen molar-refractivity contribution in [3.63, 3.8) is 0 Å². The zero-order valence-corrected chi connectivity index (χ0v) is 20.7. The maximum absolute atomic E-state index is 5.47. The molecular formula is C28H26N4S2. The predicted molar refractivity (Wildman–Crippen MR) is 154 cm³/mol. The molecule has 4 nitrogen and oxygen atoms in total. The Labute approximate surface area is 211 Å². The van der Waals surface area contributed by atoms with E-state index in [-0.39, 0.29) is 0 Å². The summed E-state index contributed by atoms with van der Waals surface area (Å²) in [6.45, 7) is 4.15. The Kier molecular flexibility index (Phi) is 7.52. The molecule has 34 heavy (non-hydrogen) atoms. The van der Waals surface area contributed by atoms with Crippen molar-refractivity contribution in [2.45, 2.75) is 13.8 Å². The summed E-state index contributed by atoms with van der Waals surface area (Å²) < 4.78 is 0. The van der Waals surface area contributed by atoms with Crippen molar-refractivity contribution in [2.24, 2.45) is 0 Å². The van der Waals surface area contributed by atoms with E-state index in [1.807, 2.05) is 60.7 Å². The summed E-state index contributed by atoms with van der Waals surface area (Å²) in [5.74, 6) is 0. The largest absolute Gasteiger partial charge is 0.332 e. The van der Waals surface area contributed by atoms with E-state index in [9.17, 15) is 0 Å². The molecule has 0 bridgehead atoms. The van der Waals surface area contributed by atoms with Gasteiger partial charge in [-0.25, -0.2) is 0 Å². The molecular weight excluding hydrogens is 456 g/mol. The smallest absolute Gasteiger partial charge is 0.175 e. The van der Waals surface area contributed by atoms with Crippen LogP contribution in [0.4, 0.5) is 22.7 Å². The van der Waals surface area contributed by atoms with E-state index >= 15 is 0 Å². The molecule has 0 aliphatic heterocycles. The predicted octanol–water partition coefficient (Wildman–Crippen LogP) is 7.59. The van der Waals surface area contributed by atoms with Crippen molar-refractivity contribution in [1.82, 2.24) is 0 Å². The van der Waals surface area contributed by atoms with Gasteiger partial charge < -0.3 is 21.3 Å². The van der Waals surface area contributed by atoms with E-state index in [1.165, 1.54) is 0 Å². The second-order valence-corrected chi connectivity index (χ2v) is 8.77.